The predicted octanol–water partition coefficient (Wildman–Crippen LogP) is 4.84. The highest BCUT2D eigenvalue weighted by atomic mass is 32.2. The molecule has 0 radical (unpaired) electrons. The number of non-ortho nitro benzene ring substituents is 1. The van der Waals surface area contributed by atoms with E-state index in [9.17, 15) is 10.1 Å². The van der Waals surface area contributed by atoms with E-state index in [1.54, 1.807) is 24.5 Å². The van der Waals surface area contributed by atoms with Crippen LogP contribution in [-0.2, 0) is 5.75 Å². The molecule has 0 amide bonds. The summed E-state index contributed by atoms with van der Waals surface area (Å²) in [7, 11) is 0. The number of pyridine rings is 1. The molecule has 0 fully saturated rings. The van der Waals surface area contributed by atoms with E-state index < -0.39 is 4.92 Å². The minimum Gasteiger partial charge on any atom is -0.270 e. The van der Waals surface area contributed by atoms with Crippen molar-refractivity contribution in [2.24, 2.45) is 0 Å². The number of rotatable bonds is 6. The molecule has 0 aliphatic carbocycles. The summed E-state index contributed by atoms with van der Waals surface area (Å²) < 4.78 is 2.04. The van der Waals surface area contributed by atoms with Gasteiger partial charge in [-0.2, -0.15) is 0 Å². The Kier molecular flexibility index (Phi) is 5.35. The topological polar surface area (TPSA) is 86.7 Å². The Labute approximate surface area is 171 Å². The average molecular weight is 403 g/mol. The fraction of sp³-hybridized carbons (Fsp3) is 0.0952. The highest BCUT2D eigenvalue weighted by Crippen LogP contribution is 2.31. The first-order valence-electron chi connectivity index (χ1n) is 8.91. The first-order chi connectivity index (χ1) is 14.1. The molecule has 0 spiro atoms. The lowest BCUT2D eigenvalue weighted by Crippen LogP contribution is -2.02. The van der Waals surface area contributed by atoms with Gasteiger partial charge in [0.05, 0.1) is 10.6 Å². The second kappa shape index (κ2) is 8.24. The first-order valence-corrected chi connectivity index (χ1v) is 9.90. The van der Waals surface area contributed by atoms with E-state index in [0.717, 1.165) is 33.4 Å². The fourth-order valence-corrected chi connectivity index (χ4v) is 3.85. The number of hydrogen-bond donors (Lipinski definition) is 0. The number of aromatic nitrogens is 4. The maximum atomic E-state index is 10.8. The van der Waals surface area contributed by atoms with Crippen molar-refractivity contribution in [3.05, 3.63) is 94.3 Å². The van der Waals surface area contributed by atoms with Crippen LogP contribution in [-0.4, -0.2) is 24.7 Å². The van der Waals surface area contributed by atoms with Gasteiger partial charge in [-0.25, -0.2) is 0 Å². The predicted molar refractivity (Wildman–Crippen MR) is 112 cm³/mol. The molecule has 0 aliphatic heterocycles. The van der Waals surface area contributed by atoms with Gasteiger partial charge in [-0.1, -0.05) is 42.1 Å². The zero-order valence-corrected chi connectivity index (χ0v) is 16.4. The van der Waals surface area contributed by atoms with Crippen LogP contribution in [0.4, 0.5) is 5.69 Å². The SMILES string of the molecule is Cc1ccccc1-n1c(SCc2ccc([N+](=O)[O-])cc2)nnc1-c1ccncc1. The lowest BCUT2D eigenvalue weighted by molar-refractivity contribution is -0.384. The minimum absolute atomic E-state index is 0.0850. The molecular formula is C21H17N5O2S. The Balaban J connectivity index is 1.69. The van der Waals surface area contributed by atoms with Crippen LogP contribution in [0.15, 0.2) is 78.2 Å². The standard InChI is InChI=1S/C21H17N5O2S/c1-15-4-2-3-5-19(15)25-20(17-10-12-22-13-11-17)23-24-21(25)29-14-16-6-8-18(9-7-16)26(27)28/h2-13H,14H2,1H3. The average Bonchev–Trinajstić information content (AvgIpc) is 3.17. The van der Waals surface area contributed by atoms with Crippen LogP contribution in [0.3, 0.4) is 0 Å². The molecule has 4 rings (SSSR count). The van der Waals surface area contributed by atoms with Crippen LogP contribution >= 0.6 is 11.8 Å². The molecule has 0 saturated heterocycles. The second-order valence-electron chi connectivity index (χ2n) is 6.38. The van der Waals surface area contributed by atoms with Gasteiger partial charge in [0.1, 0.15) is 0 Å². The molecular weight excluding hydrogens is 386 g/mol. The van der Waals surface area contributed by atoms with Gasteiger partial charge in [-0.15, -0.1) is 10.2 Å². The summed E-state index contributed by atoms with van der Waals surface area (Å²) in [4.78, 5) is 14.5. The molecule has 0 N–H and O–H groups in total. The van der Waals surface area contributed by atoms with Crippen molar-refractivity contribution in [3.8, 4) is 17.1 Å². The Morgan fingerprint density at radius 3 is 2.41 bits per heavy atom. The third-order valence-corrected chi connectivity index (χ3v) is 5.44. The number of hydrogen-bond acceptors (Lipinski definition) is 6. The summed E-state index contributed by atoms with van der Waals surface area (Å²) in [6.07, 6.45) is 3.46. The van der Waals surface area contributed by atoms with Crippen molar-refractivity contribution < 1.29 is 4.92 Å². The smallest absolute Gasteiger partial charge is 0.269 e. The van der Waals surface area contributed by atoms with Gasteiger partial charge in [-0.05, 0) is 36.2 Å². The second-order valence-corrected chi connectivity index (χ2v) is 7.32. The molecule has 0 atom stereocenters. The number of nitro groups is 1. The molecule has 2 heterocycles. The van der Waals surface area contributed by atoms with Gasteiger partial charge in [0.2, 0.25) is 0 Å². The van der Waals surface area contributed by atoms with E-state index in [1.807, 2.05) is 34.9 Å². The molecule has 0 bridgehead atoms. The third kappa shape index (κ3) is 4.02. The summed E-state index contributed by atoms with van der Waals surface area (Å²) in [6.45, 7) is 2.05. The summed E-state index contributed by atoms with van der Waals surface area (Å²) in [5.74, 6) is 1.37. The minimum atomic E-state index is -0.396. The van der Waals surface area contributed by atoms with Gasteiger partial charge in [0, 0.05) is 35.8 Å². The van der Waals surface area contributed by atoms with Gasteiger partial charge in [-0.3, -0.25) is 19.7 Å². The molecule has 0 unspecified atom stereocenters. The van der Waals surface area contributed by atoms with Gasteiger partial charge in [0.25, 0.3) is 5.69 Å². The van der Waals surface area contributed by atoms with Crippen molar-refractivity contribution in [2.45, 2.75) is 17.8 Å². The van der Waals surface area contributed by atoms with Crippen molar-refractivity contribution in [1.29, 1.82) is 0 Å². The van der Waals surface area contributed by atoms with Gasteiger partial charge < -0.3 is 0 Å². The molecule has 2 aromatic heterocycles. The number of para-hydroxylation sites is 1. The summed E-state index contributed by atoms with van der Waals surface area (Å²) in [5.41, 5.74) is 4.11. The Hall–Kier alpha value is -3.52. The van der Waals surface area contributed by atoms with Crippen LogP contribution in [0.25, 0.3) is 17.1 Å². The third-order valence-electron chi connectivity index (χ3n) is 4.44. The molecule has 8 heteroatoms. The molecule has 0 saturated carbocycles. The normalized spacial score (nSPS) is 10.8. The van der Waals surface area contributed by atoms with Crippen molar-refractivity contribution in [3.63, 3.8) is 0 Å². The molecule has 4 aromatic rings. The van der Waals surface area contributed by atoms with Gasteiger partial charge in [0.15, 0.2) is 11.0 Å². The van der Waals surface area contributed by atoms with E-state index in [1.165, 1.54) is 23.9 Å². The number of nitro benzene ring substituents is 1. The quantitative estimate of drug-likeness (QED) is 0.260. The number of thioether (sulfide) groups is 1. The number of aryl methyl sites for hydroxylation is 1. The van der Waals surface area contributed by atoms with E-state index in [4.69, 9.17) is 0 Å². The van der Waals surface area contributed by atoms with E-state index in [-0.39, 0.29) is 5.69 Å². The van der Waals surface area contributed by atoms with Crippen molar-refractivity contribution >= 4 is 17.4 Å². The lowest BCUT2D eigenvalue weighted by atomic mass is 10.2. The maximum absolute atomic E-state index is 10.8. The van der Waals surface area contributed by atoms with E-state index in [2.05, 4.69) is 28.2 Å². The summed E-state index contributed by atoms with van der Waals surface area (Å²) >= 11 is 1.54. The van der Waals surface area contributed by atoms with Crippen LogP contribution in [0.1, 0.15) is 11.1 Å². The molecule has 2 aromatic carbocycles. The van der Waals surface area contributed by atoms with E-state index >= 15 is 0 Å². The molecule has 7 nitrogen and oxygen atoms in total. The molecule has 0 aliphatic rings. The zero-order chi connectivity index (χ0) is 20.2. The highest BCUT2D eigenvalue weighted by molar-refractivity contribution is 7.98. The Morgan fingerprint density at radius 1 is 1.00 bits per heavy atom. The summed E-state index contributed by atoms with van der Waals surface area (Å²) in [5, 5.41) is 20.4. The lowest BCUT2D eigenvalue weighted by Gasteiger charge is -2.12. The number of nitrogens with zero attached hydrogens (tertiary/aromatic N) is 5. The summed E-state index contributed by atoms with van der Waals surface area (Å²) in [6, 6.07) is 18.5. The van der Waals surface area contributed by atoms with Crippen LogP contribution in [0.5, 0.6) is 0 Å². The van der Waals surface area contributed by atoms with E-state index in [0.29, 0.717) is 5.75 Å². The largest absolute Gasteiger partial charge is 0.270 e. The molecule has 144 valence electrons. The fourth-order valence-electron chi connectivity index (χ4n) is 2.94. The van der Waals surface area contributed by atoms with Crippen LogP contribution in [0.2, 0.25) is 0 Å². The Morgan fingerprint density at radius 2 is 1.72 bits per heavy atom. The van der Waals surface area contributed by atoms with Gasteiger partial charge >= 0.3 is 0 Å². The van der Waals surface area contributed by atoms with Crippen LogP contribution in [0, 0.1) is 17.0 Å². The van der Waals surface area contributed by atoms with Crippen molar-refractivity contribution in [1.82, 2.24) is 19.7 Å². The maximum Gasteiger partial charge on any atom is 0.269 e. The monoisotopic (exact) mass is 403 g/mol. The first kappa shape index (κ1) is 18.8. The number of benzene rings is 2. The zero-order valence-electron chi connectivity index (χ0n) is 15.6. The highest BCUT2D eigenvalue weighted by Gasteiger charge is 2.17. The molecule has 29 heavy (non-hydrogen) atoms. The van der Waals surface area contributed by atoms with Crippen LogP contribution < -0.4 is 0 Å². The van der Waals surface area contributed by atoms with Crippen molar-refractivity contribution in [2.75, 3.05) is 0 Å². The Bertz CT molecular complexity index is 1140.